The first-order valence-electron chi connectivity index (χ1n) is 6.58. The highest BCUT2D eigenvalue weighted by Crippen LogP contribution is 2.15. The summed E-state index contributed by atoms with van der Waals surface area (Å²) in [5.74, 6) is 1.81. The fourth-order valence-electron chi connectivity index (χ4n) is 1.70. The van der Waals surface area contributed by atoms with Crippen molar-refractivity contribution in [3.8, 4) is 0 Å². The SMILES string of the molecule is CCS(=O)CCC1COC(CCS(=O)CC)C(=O)O1. The van der Waals surface area contributed by atoms with E-state index in [1.165, 1.54) is 0 Å². The molecule has 0 aliphatic carbocycles. The summed E-state index contributed by atoms with van der Waals surface area (Å²) >= 11 is 0. The molecule has 1 heterocycles. The zero-order valence-corrected chi connectivity index (χ0v) is 13.1. The molecular weight excluding hydrogens is 288 g/mol. The van der Waals surface area contributed by atoms with Crippen molar-refractivity contribution in [1.82, 2.24) is 0 Å². The molecule has 0 aromatic carbocycles. The summed E-state index contributed by atoms with van der Waals surface area (Å²) in [7, 11) is -1.74. The molecule has 0 aromatic rings. The minimum Gasteiger partial charge on any atom is -0.458 e. The van der Waals surface area contributed by atoms with Gasteiger partial charge >= 0.3 is 5.97 Å². The highest BCUT2D eigenvalue weighted by molar-refractivity contribution is 7.85. The predicted octanol–water partition coefficient (Wildman–Crippen LogP) is 0.614. The Morgan fingerprint density at radius 1 is 1.11 bits per heavy atom. The van der Waals surface area contributed by atoms with Crippen molar-refractivity contribution in [2.75, 3.05) is 29.6 Å². The van der Waals surface area contributed by atoms with Crippen LogP contribution in [-0.4, -0.2) is 56.2 Å². The van der Waals surface area contributed by atoms with E-state index in [0.717, 1.165) is 0 Å². The first-order valence-corrected chi connectivity index (χ1v) is 9.56. The van der Waals surface area contributed by atoms with E-state index in [1.54, 1.807) is 0 Å². The number of carbonyl (C=O) groups excluding carboxylic acids is 1. The fraction of sp³-hybridized carbons (Fsp3) is 0.917. The smallest absolute Gasteiger partial charge is 0.335 e. The number of ether oxygens (including phenoxy) is 2. The quantitative estimate of drug-likeness (QED) is 0.615. The molecule has 7 heteroatoms. The summed E-state index contributed by atoms with van der Waals surface area (Å²) in [6.45, 7) is 4.06. The van der Waals surface area contributed by atoms with Gasteiger partial charge in [-0.3, -0.25) is 8.42 Å². The van der Waals surface area contributed by atoms with Gasteiger partial charge in [-0.1, -0.05) is 13.8 Å². The maximum atomic E-state index is 11.7. The molecule has 0 amide bonds. The van der Waals surface area contributed by atoms with Crippen LogP contribution >= 0.6 is 0 Å². The van der Waals surface area contributed by atoms with Gasteiger partial charge < -0.3 is 9.47 Å². The number of esters is 1. The van der Waals surface area contributed by atoms with Crippen LogP contribution in [0.2, 0.25) is 0 Å². The van der Waals surface area contributed by atoms with Gasteiger partial charge in [0.25, 0.3) is 0 Å². The summed E-state index contributed by atoms with van der Waals surface area (Å²) < 4.78 is 33.3. The van der Waals surface area contributed by atoms with E-state index >= 15 is 0 Å². The Labute approximate surface area is 119 Å². The third-order valence-corrected chi connectivity index (χ3v) is 5.62. The Bertz CT molecular complexity index is 345. The van der Waals surface area contributed by atoms with E-state index in [-0.39, 0.29) is 12.1 Å². The molecule has 4 unspecified atom stereocenters. The average molecular weight is 310 g/mol. The van der Waals surface area contributed by atoms with E-state index in [2.05, 4.69) is 0 Å². The second kappa shape index (κ2) is 8.81. The number of hydrogen-bond acceptors (Lipinski definition) is 5. The monoisotopic (exact) mass is 310 g/mol. The minimum absolute atomic E-state index is 0.295. The van der Waals surface area contributed by atoms with Crippen molar-refractivity contribution in [1.29, 1.82) is 0 Å². The van der Waals surface area contributed by atoms with E-state index in [9.17, 15) is 13.2 Å². The molecule has 1 rings (SSSR count). The summed E-state index contributed by atoms with van der Waals surface area (Å²) in [4.78, 5) is 11.7. The average Bonchev–Trinajstić information content (AvgIpc) is 2.43. The molecule has 4 atom stereocenters. The maximum absolute atomic E-state index is 11.7. The van der Waals surface area contributed by atoms with Crippen molar-refractivity contribution in [3.05, 3.63) is 0 Å². The van der Waals surface area contributed by atoms with Crippen molar-refractivity contribution < 1.29 is 22.7 Å². The van der Waals surface area contributed by atoms with Crippen molar-refractivity contribution >= 4 is 27.6 Å². The molecule has 0 saturated carbocycles. The molecular formula is C12H22O5S2. The first-order chi connectivity index (χ1) is 9.06. The zero-order chi connectivity index (χ0) is 14.3. The van der Waals surface area contributed by atoms with Gasteiger partial charge in [0.05, 0.1) is 6.61 Å². The molecule has 0 N–H and O–H groups in total. The Kier molecular flexibility index (Phi) is 7.78. The lowest BCUT2D eigenvalue weighted by Gasteiger charge is -2.28. The molecule has 0 spiro atoms. The van der Waals surface area contributed by atoms with E-state index < -0.39 is 27.7 Å². The van der Waals surface area contributed by atoms with Crippen LogP contribution < -0.4 is 0 Å². The molecule has 112 valence electrons. The van der Waals surface area contributed by atoms with Crippen LogP contribution in [0.25, 0.3) is 0 Å². The van der Waals surface area contributed by atoms with Gasteiger partial charge in [0, 0.05) is 44.6 Å². The van der Waals surface area contributed by atoms with E-state index in [0.29, 0.717) is 42.5 Å². The summed E-state index contributed by atoms with van der Waals surface area (Å²) in [5, 5.41) is 0. The minimum atomic E-state index is -0.891. The van der Waals surface area contributed by atoms with E-state index in [4.69, 9.17) is 9.47 Å². The van der Waals surface area contributed by atoms with Crippen LogP contribution in [0.5, 0.6) is 0 Å². The lowest BCUT2D eigenvalue weighted by molar-refractivity contribution is -0.183. The third-order valence-electron chi connectivity index (χ3n) is 2.95. The van der Waals surface area contributed by atoms with Gasteiger partial charge in [-0.2, -0.15) is 0 Å². The van der Waals surface area contributed by atoms with Crippen LogP contribution in [-0.2, 0) is 35.9 Å². The van der Waals surface area contributed by atoms with Crippen LogP contribution in [0.15, 0.2) is 0 Å². The molecule has 0 radical (unpaired) electrons. The van der Waals surface area contributed by atoms with Gasteiger partial charge in [0.1, 0.15) is 6.10 Å². The molecule has 0 aromatic heterocycles. The zero-order valence-electron chi connectivity index (χ0n) is 11.5. The second-order valence-electron chi connectivity index (χ2n) is 4.32. The van der Waals surface area contributed by atoms with Crippen molar-refractivity contribution in [2.24, 2.45) is 0 Å². The van der Waals surface area contributed by atoms with Gasteiger partial charge in [-0.05, 0) is 12.8 Å². The number of rotatable bonds is 8. The Morgan fingerprint density at radius 3 is 2.21 bits per heavy atom. The van der Waals surface area contributed by atoms with Crippen molar-refractivity contribution in [3.63, 3.8) is 0 Å². The molecule has 5 nitrogen and oxygen atoms in total. The van der Waals surface area contributed by atoms with Crippen molar-refractivity contribution in [2.45, 2.75) is 38.9 Å². The fourth-order valence-corrected chi connectivity index (χ4v) is 3.28. The molecule has 0 bridgehead atoms. The summed E-state index contributed by atoms with van der Waals surface area (Å²) in [5.41, 5.74) is 0. The maximum Gasteiger partial charge on any atom is 0.335 e. The molecule has 1 aliphatic rings. The number of cyclic esters (lactones) is 1. The lowest BCUT2D eigenvalue weighted by atomic mass is 10.2. The van der Waals surface area contributed by atoms with E-state index in [1.807, 2.05) is 13.8 Å². The normalized spacial score (nSPS) is 26.7. The van der Waals surface area contributed by atoms with Gasteiger partial charge in [-0.15, -0.1) is 0 Å². The van der Waals surface area contributed by atoms with Crippen LogP contribution in [0.4, 0.5) is 0 Å². The molecule has 19 heavy (non-hydrogen) atoms. The molecule has 1 fully saturated rings. The van der Waals surface area contributed by atoms with Gasteiger partial charge in [-0.25, -0.2) is 4.79 Å². The molecule has 1 aliphatic heterocycles. The second-order valence-corrected chi connectivity index (χ2v) is 8.05. The summed E-state index contributed by atoms with van der Waals surface area (Å²) in [6, 6.07) is 0. The highest BCUT2D eigenvalue weighted by atomic mass is 32.2. The molecule has 1 saturated heterocycles. The number of carbonyl (C=O) groups is 1. The number of hydrogen-bond donors (Lipinski definition) is 0. The standard InChI is InChI=1S/C12H22O5S2/c1-3-18(14)7-5-10-9-16-11(12(13)17-10)6-8-19(15)4-2/h10-11H,3-9H2,1-2H3. The Morgan fingerprint density at radius 2 is 1.68 bits per heavy atom. The summed E-state index contributed by atoms with van der Waals surface area (Å²) in [6.07, 6.45) is 0.117. The topological polar surface area (TPSA) is 69.7 Å². The Hall–Kier alpha value is -0.270. The largest absolute Gasteiger partial charge is 0.458 e. The van der Waals surface area contributed by atoms with Crippen LogP contribution in [0.3, 0.4) is 0 Å². The van der Waals surface area contributed by atoms with Crippen LogP contribution in [0, 0.1) is 0 Å². The Balaban J connectivity index is 2.29. The first kappa shape index (κ1) is 16.8. The third kappa shape index (κ3) is 6.14. The highest BCUT2D eigenvalue weighted by Gasteiger charge is 2.30. The predicted molar refractivity (Wildman–Crippen MR) is 76.0 cm³/mol. The van der Waals surface area contributed by atoms with Gasteiger partial charge in [0.2, 0.25) is 0 Å². The van der Waals surface area contributed by atoms with Crippen LogP contribution in [0.1, 0.15) is 26.7 Å². The lowest BCUT2D eigenvalue weighted by Crippen LogP contribution is -2.41. The van der Waals surface area contributed by atoms with Gasteiger partial charge in [0.15, 0.2) is 6.10 Å².